The van der Waals surface area contributed by atoms with E-state index in [4.69, 9.17) is 14.0 Å². The summed E-state index contributed by atoms with van der Waals surface area (Å²) in [6, 6.07) is 14.0. The first-order chi connectivity index (χ1) is 14.5. The van der Waals surface area contributed by atoms with Gasteiger partial charge in [-0.3, -0.25) is 4.79 Å². The highest BCUT2D eigenvalue weighted by atomic mass is 16.5. The lowest BCUT2D eigenvalue weighted by molar-refractivity contribution is -0.111. The number of anilines is 1. The van der Waals surface area contributed by atoms with Gasteiger partial charge in [0.05, 0.1) is 29.6 Å². The third-order valence-electron chi connectivity index (χ3n) is 4.48. The van der Waals surface area contributed by atoms with Gasteiger partial charge in [0.25, 0.3) is 0 Å². The lowest BCUT2D eigenvalue weighted by atomic mass is 10.1. The Morgan fingerprint density at radius 3 is 2.50 bits per heavy atom. The molecule has 1 N–H and O–H groups in total. The fourth-order valence-electron chi connectivity index (χ4n) is 2.75. The van der Waals surface area contributed by atoms with Crippen LogP contribution in [-0.4, -0.2) is 24.1 Å². The third kappa shape index (κ3) is 5.14. The molecule has 7 nitrogen and oxygen atoms in total. The van der Waals surface area contributed by atoms with Crippen LogP contribution < -0.4 is 10.1 Å². The lowest BCUT2D eigenvalue weighted by Crippen LogP contribution is -2.14. The molecular formula is C23H22N2O5. The first kappa shape index (κ1) is 20.9. The van der Waals surface area contributed by atoms with Gasteiger partial charge in [0, 0.05) is 6.08 Å². The van der Waals surface area contributed by atoms with E-state index in [2.05, 4.69) is 10.5 Å². The fraction of sp³-hybridized carbons (Fsp3) is 0.174. The number of esters is 1. The summed E-state index contributed by atoms with van der Waals surface area (Å²) in [5, 5.41) is 6.56. The second-order valence-electron chi connectivity index (χ2n) is 6.52. The van der Waals surface area contributed by atoms with E-state index in [0.717, 1.165) is 16.9 Å². The average molecular weight is 406 g/mol. The molecule has 0 aliphatic carbocycles. The van der Waals surface area contributed by atoms with E-state index in [0.29, 0.717) is 17.1 Å². The zero-order valence-corrected chi connectivity index (χ0v) is 17.0. The monoisotopic (exact) mass is 406 g/mol. The molecule has 0 radical (unpaired) electrons. The predicted octanol–water partition coefficient (Wildman–Crippen LogP) is 4.31. The number of nitrogens with one attached hydrogen (secondary N) is 1. The Morgan fingerprint density at radius 1 is 1.10 bits per heavy atom. The number of hydrogen-bond acceptors (Lipinski definition) is 6. The summed E-state index contributed by atoms with van der Waals surface area (Å²) in [4.78, 5) is 24.9. The van der Waals surface area contributed by atoms with Crippen LogP contribution in [0.1, 0.15) is 32.9 Å². The first-order valence-electron chi connectivity index (χ1n) is 9.29. The Balaban J connectivity index is 1.65. The number of carbonyl (C=O) groups is 2. The van der Waals surface area contributed by atoms with Gasteiger partial charge in [-0.25, -0.2) is 4.79 Å². The van der Waals surface area contributed by atoms with Crippen LogP contribution in [0.4, 0.5) is 5.69 Å². The quantitative estimate of drug-likeness (QED) is 0.464. The van der Waals surface area contributed by atoms with Gasteiger partial charge in [-0.2, -0.15) is 0 Å². The molecule has 1 aromatic heterocycles. The number of aromatic nitrogens is 1. The van der Waals surface area contributed by atoms with Gasteiger partial charge in [0.1, 0.15) is 18.1 Å². The SMILES string of the molecule is COc1ccc(/C=C/C(=O)Nc2ccccc2C(=O)OCc2c(C)noc2C)cc1. The number of benzene rings is 2. The molecule has 7 heteroatoms. The molecule has 1 amide bonds. The maximum Gasteiger partial charge on any atom is 0.340 e. The Bertz CT molecular complexity index is 1050. The minimum absolute atomic E-state index is 0.0413. The second-order valence-corrected chi connectivity index (χ2v) is 6.52. The molecular weight excluding hydrogens is 384 g/mol. The number of amides is 1. The van der Waals surface area contributed by atoms with E-state index in [9.17, 15) is 9.59 Å². The fourth-order valence-corrected chi connectivity index (χ4v) is 2.75. The van der Waals surface area contributed by atoms with Gasteiger partial charge in [-0.15, -0.1) is 0 Å². The van der Waals surface area contributed by atoms with Gasteiger partial charge in [-0.05, 0) is 49.8 Å². The number of aryl methyl sites for hydroxylation is 2. The highest BCUT2D eigenvalue weighted by Crippen LogP contribution is 2.19. The van der Waals surface area contributed by atoms with Crippen molar-refractivity contribution in [2.45, 2.75) is 20.5 Å². The van der Waals surface area contributed by atoms with Crippen LogP contribution in [-0.2, 0) is 16.1 Å². The van der Waals surface area contributed by atoms with Crippen molar-refractivity contribution in [3.05, 3.63) is 82.8 Å². The lowest BCUT2D eigenvalue weighted by Gasteiger charge is -2.10. The smallest absolute Gasteiger partial charge is 0.340 e. The molecule has 0 unspecified atom stereocenters. The van der Waals surface area contributed by atoms with Crippen molar-refractivity contribution < 1.29 is 23.6 Å². The molecule has 0 spiro atoms. The molecule has 1 heterocycles. The van der Waals surface area contributed by atoms with Gasteiger partial charge in [-0.1, -0.05) is 29.4 Å². The van der Waals surface area contributed by atoms with Crippen LogP contribution in [0, 0.1) is 13.8 Å². The number of carbonyl (C=O) groups excluding carboxylic acids is 2. The van der Waals surface area contributed by atoms with Crippen LogP contribution in [0.15, 0.2) is 59.1 Å². The summed E-state index contributed by atoms with van der Waals surface area (Å²) in [5.74, 6) is 0.424. The van der Waals surface area contributed by atoms with Crippen LogP contribution in [0.25, 0.3) is 6.08 Å². The molecule has 2 aromatic carbocycles. The molecule has 3 aromatic rings. The average Bonchev–Trinajstić information content (AvgIpc) is 3.08. The molecule has 30 heavy (non-hydrogen) atoms. The zero-order chi connectivity index (χ0) is 21.5. The molecule has 3 rings (SSSR count). The van der Waals surface area contributed by atoms with Crippen LogP contribution in [0.5, 0.6) is 5.75 Å². The highest BCUT2D eigenvalue weighted by Gasteiger charge is 2.16. The summed E-state index contributed by atoms with van der Waals surface area (Å²) >= 11 is 0. The largest absolute Gasteiger partial charge is 0.497 e. The van der Waals surface area contributed by atoms with Crippen LogP contribution in [0.2, 0.25) is 0 Å². The summed E-state index contributed by atoms with van der Waals surface area (Å²) in [7, 11) is 1.59. The number of hydrogen-bond donors (Lipinski definition) is 1. The van der Waals surface area contributed by atoms with Crippen molar-refractivity contribution in [2.75, 3.05) is 12.4 Å². The Labute approximate surface area is 174 Å². The normalized spacial score (nSPS) is 10.8. The van der Waals surface area contributed by atoms with Crippen molar-refractivity contribution >= 4 is 23.6 Å². The number of rotatable bonds is 7. The second kappa shape index (κ2) is 9.56. The van der Waals surface area contributed by atoms with E-state index >= 15 is 0 Å². The molecule has 0 atom stereocenters. The summed E-state index contributed by atoms with van der Waals surface area (Å²) in [5.41, 5.74) is 2.87. The molecule has 0 aliphatic heterocycles. The van der Waals surface area contributed by atoms with Gasteiger partial charge < -0.3 is 19.3 Å². The number of ether oxygens (including phenoxy) is 2. The minimum atomic E-state index is -0.551. The van der Waals surface area contributed by atoms with Crippen molar-refractivity contribution in [1.29, 1.82) is 0 Å². The zero-order valence-electron chi connectivity index (χ0n) is 17.0. The van der Waals surface area contributed by atoms with E-state index in [-0.39, 0.29) is 18.1 Å². The first-order valence-corrected chi connectivity index (χ1v) is 9.29. The van der Waals surface area contributed by atoms with E-state index < -0.39 is 5.97 Å². The predicted molar refractivity (Wildman–Crippen MR) is 112 cm³/mol. The molecule has 0 fully saturated rings. The highest BCUT2D eigenvalue weighted by molar-refractivity contribution is 6.06. The molecule has 154 valence electrons. The van der Waals surface area contributed by atoms with E-state index in [1.165, 1.54) is 6.08 Å². The van der Waals surface area contributed by atoms with E-state index in [1.807, 2.05) is 24.3 Å². The van der Waals surface area contributed by atoms with Crippen LogP contribution >= 0.6 is 0 Å². The maximum absolute atomic E-state index is 12.6. The van der Waals surface area contributed by atoms with E-state index in [1.54, 1.807) is 51.3 Å². The maximum atomic E-state index is 12.6. The molecule has 0 saturated heterocycles. The van der Waals surface area contributed by atoms with Gasteiger partial charge in [0.15, 0.2) is 0 Å². The standard InChI is InChI=1S/C23H22N2O5/c1-15-20(16(2)30-25-15)14-29-23(27)19-6-4-5-7-21(19)24-22(26)13-10-17-8-11-18(28-3)12-9-17/h4-13H,14H2,1-3H3,(H,24,26)/b13-10+. The molecule has 0 aliphatic rings. The van der Waals surface area contributed by atoms with Gasteiger partial charge in [0.2, 0.25) is 5.91 Å². The molecule has 0 bridgehead atoms. The topological polar surface area (TPSA) is 90.7 Å². The van der Waals surface area contributed by atoms with Crippen molar-refractivity contribution in [3.8, 4) is 5.75 Å². The molecule has 0 saturated carbocycles. The van der Waals surface area contributed by atoms with Crippen LogP contribution in [0.3, 0.4) is 0 Å². The summed E-state index contributed by atoms with van der Waals surface area (Å²) < 4.78 is 15.6. The summed E-state index contributed by atoms with van der Waals surface area (Å²) in [6.45, 7) is 3.58. The van der Waals surface area contributed by atoms with Crippen molar-refractivity contribution in [2.24, 2.45) is 0 Å². The Kier molecular flexibility index (Phi) is 6.64. The minimum Gasteiger partial charge on any atom is -0.497 e. The van der Waals surface area contributed by atoms with Crippen molar-refractivity contribution in [1.82, 2.24) is 5.16 Å². The number of para-hydroxylation sites is 1. The number of methoxy groups -OCH3 is 1. The summed E-state index contributed by atoms with van der Waals surface area (Å²) in [6.07, 6.45) is 3.07. The van der Waals surface area contributed by atoms with Crippen molar-refractivity contribution in [3.63, 3.8) is 0 Å². The number of nitrogens with zero attached hydrogens (tertiary/aromatic N) is 1. The third-order valence-corrected chi connectivity index (χ3v) is 4.48. The Morgan fingerprint density at radius 2 is 1.83 bits per heavy atom. The van der Waals surface area contributed by atoms with Gasteiger partial charge >= 0.3 is 5.97 Å². The Hall–Kier alpha value is -3.87.